The third kappa shape index (κ3) is 2.56. The van der Waals surface area contributed by atoms with E-state index in [1.165, 1.54) is 16.9 Å². The predicted molar refractivity (Wildman–Crippen MR) is 84.4 cm³/mol. The Bertz CT molecular complexity index is 724. The predicted octanol–water partition coefficient (Wildman–Crippen LogP) is 4.95. The van der Waals surface area contributed by atoms with Crippen molar-refractivity contribution in [2.24, 2.45) is 0 Å². The first-order chi connectivity index (χ1) is 9.74. The second-order valence-corrected chi connectivity index (χ2v) is 5.67. The first-order valence-electron chi connectivity index (χ1n) is 6.49. The highest BCUT2D eigenvalue weighted by Crippen LogP contribution is 2.27. The molecule has 0 aliphatic carbocycles. The van der Waals surface area contributed by atoms with E-state index >= 15 is 0 Å². The molecule has 0 amide bonds. The van der Waals surface area contributed by atoms with Crippen LogP contribution in [0.2, 0.25) is 0 Å². The number of ketones is 1. The van der Waals surface area contributed by atoms with Crippen LogP contribution in [-0.4, -0.2) is 5.78 Å². The molecule has 0 aliphatic rings. The molecule has 2 heteroatoms. The Morgan fingerprint density at radius 2 is 1.60 bits per heavy atom. The lowest BCUT2D eigenvalue weighted by Crippen LogP contribution is -1.97. The summed E-state index contributed by atoms with van der Waals surface area (Å²) in [5.41, 5.74) is 4.24. The fraction of sp³-hybridized carbons (Fsp3) is 0.0556. The molecule has 0 saturated heterocycles. The summed E-state index contributed by atoms with van der Waals surface area (Å²) in [6.07, 6.45) is 0. The van der Waals surface area contributed by atoms with E-state index in [-0.39, 0.29) is 5.78 Å². The number of hydrogen-bond donors (Lipinski definition) is 0. The van der Waals surface area contributed by atoms with E-state index in [2.05, 4.69) is 31.2 Å². The maximum atomic E-state index is 12.4. The van der Waals surface area contributed by atoms with Gasteiger partial charge >= 0.3 is 0 Å². The molecule has 1 aromatic heterocycles. The van der Waals surface area contributed by atoms with Gasteiger partial charge in [0, 0.05) is 5.56 Å². The Balaban J connectivity index is 1.91. The molecule has 0 saturated carbocycles. The van der Waals surface area contributed by atoms with Crippen LogP contribution in [0.4, 0.5) is 0 Å². The summed E-state index contributed by atoms with van der Waals surface area (Å²) in [6.45, 7) is 2.07. The lowest BCUT2D eigenvalue weighted by molar-refractivity contribution is 0.104. The molecule has 98 valence electrons. The van der Waals surface area contributed by atoms with Gasteiger partial charge in [0.2, 0.25) is 5.78 Å². The van der Waals surface area contributed by atoms with E-state index in [1.807, 2.05) is 41.8 Å². The van der Waals surface area contributed by atoms with Gasteiger partial charge < -0.3 is 0 Å². The average molecular weight is 278 g/mol. The van der Waals surface area contributed by atoms with Gasteiger partial charge in [0.15, 0.2) is 0 Å². The van der Waals surface area contributed by atoms with Crippen molar-refractivity contribution in [2.75, 3.05) is 0 Å². The van der Waals surface area contributed by atoms with Gasteiger partial charge in [-0.25, -0.2) is 0 Å². The van der Waals surface area contributed by atoms with Crippen molar-refractivity contribution in [3.8, 4) is 11.1 Å². The molecular formula is C18H14OS. The fourth-order valence-corrected chi connectivity index (χ4v) is 2.96. The van der Waals surface area contributed by atoms with Crippen LogP contribution in [0.15, 0.2) is 66.0 Å². The third-order valence-electron chi connectivity index (χ3n) is 3.24. The number of aryl methyl sites for hydroxylation is 1. The lowest BCUT2D eigenvalue weighted by atomic mass is 10.1. The quantitative estimate of drug-likeness (QED) is 0.619. The summed E-state index contributed by atoms with van der Waals surface area (Å²) < 4.78 is 0. The van der Waals surface area contributed by atoms with Crippen LogP contribution in [0.1, 0.15) is 20.8 Å². The monoisotopic (exact) mass is 278 g/mol. The van der Waals surface area contributed by atoms with Crippen molar-refractivity contribution in [3.63, 3.8) is 0 Å². The van der Waals surface area contributed by atoms with E-state index in [9.17, 15) is 4.79 Å². The van der Waals surface area contributed by atoms with Crippen LogP contribution in [0, 0.1) is 6.92 Å². The van der Waals surface area contributed by atoms with Crippen molar-refractivity contribution in [1.82, 2.24) is 0 Å². The zero-order valence-electron chi connectivity index (χ0n) is 11.2. The molecule has 0 spiro atoms. The summed E-state index contributed by atoms with van der Waals surface area (Å²) in [7, 11) is 0. The maximum absolute atomic E-state index is 12.4. The van der Waals surface area contributed by atoms with Gasteiger partial charge in [-0.1, -0.05) is 60.2 Å². The Morgan fingerprint density at radius 1 is 0.900 bits per heavy atom. The van der Waals surface area contributed by atoms with Crippen LogP contribution in [-0.2, 0) is 0 Å². The normalized spacial score (nSPS) is 10.4. The number of carbonyl (C=O) groups excluding carboxylic acids is 1. The molecule has 0 N–H and O–H groups in total. The van der Waals surface area contributed by atoms with E-state index in [1.54, 1.807) is 0 Å². The van der Waals surface area contributed by atoms with Crippen LogP contribution < -0.4 is 0 Å². The molecular weight excluding hydrogens is 264 g/mol. The zero-order chi connectivity index (χ0) is 13.9. The molecule has 0 unspecified atom stereocenters. The van der Waals surface area contributed by atoms with Gasteiger partial charge in [0.05, 0.1) is 4.88 Å². The van der Waals surface area contributed by atoms with Gasteiger partial charge in [0.25, 0.3) is 0 Å². The minimum atomic E-state index is 0.0916. The van der Waals surface area contributed by atoms with Crippen molar-refractivity contribution >= 4 is 17.1 Å². The standard InChI is InChI=1S/C18H14OS/c1-13-7-9-14(10-8-13)16-11-17(20-12-16)18(19)15-5-3-2-4-6-15/h2-12H,1H3. The largest absolute Gasteiger partial charge is 0.288 e. The molecule has 0 fully saturated rings. The summed E-state index contributed by atoms with van der Waals surface area (Å²) in [4.78, 5) is 13.1. The summed E-state index contributed by atoms with van der Waals surface area (Å²) in [6, 6.07) is 19.7. The molecule has 1 nitrogen and oxygen atoms in total. The maximum Gasteiger partial charge on any atom is 0.202 e. The summed E-state index contributed by atoms with van der Waals surface area (Å²) in [5, 5.41) is 2.04. The van der Waals surface area contributed by atoms with Gasteiger partial charge in [0.1, 0.15) is 0 Å². The number of rotatable bonds is 3. The van der Waals surface area contributed by atoms with Gasteiger partial charge in [-0.05, 0) is 29.5 Å². The van der Waals surface area contributed by atoms with E-state index in [0.717, 1.165) is 21.6 Å². The van der Waals surface area contributed by atoms with Crippen molar-refractivity contribution in [3.05, 3.63) is 82.0 Å². The molecule has 2 aromatic carbocycles. The van der Waals surface area contributed by atoms with Crippen molar-refractivity contribution < 1.29 is 4.79 Å². The molecule has 3 aromatic rings. The minimum absolute atomic E-state index is 0.0916. The van der Waals surface area contributed by atoms with Gasteiger partial charge in [-0.3, -0.25) is 4.79 Å². The molecule has 3 rings (SSSR count). The second-order valence-electron chi connectivity index (χ2n) is 4.76. The summed E-state index contributed by atoms with van der Waals surface area (Å²) in [5.74, 6) is 0.0916. The first-order valence-corrected chi connectivity index (χ1v) is 7.37. The summed E-state index contributed by atoms with van der Waals surface area (Å²) >= 11 is 1.50. The van der Waals surface area contributed by atoms with E-state index < -0.39 is 0 Å². The SMILES string of the molecule is Cc1ccc(-c2csc(C(=O)c3ccccc3)c2)cc1. The highest BCUT2D eigenvalue weighted by atomic mass is 32.1. The number of hydrogen-bond acceptors (Lipinski definition) is 2. The Labute approximate surface area is 122 Å². The first kappa shape index (κ1) is 12.8. The van der Waals surface area contributed by atoms with Crippen LogP contribution >= 0.6 is 11.3 Å². The zero-order valence-corrected chi connectivity index (χ0v) is 12.0. The third-order valence-corrected chi connectivity index (χ3v) is 4.17. The van der Waals surface area contributed by atoms with E-state index in [0.29, 0.717) is 0 Å². The van der Waals surface area contributed by atoms with Crippen LogP contribution in [0.3, 0.4) is 0 Å². The molecule has 1 heterocycles. The Kier molecular flexibility index (Phi) is 3.48. The van der Waals surface area contributed by atoms with Crippen LogP contribution in [0.25, 0.3) is 11.1 Å². The number of carbonyl (C=O) groups is 1. The Morgan fingerprint density at radius 3 is 2.30 bits per heavy atom. The number of benzene rings is 2. The van der Waals surface area contributed by atoms with Crippen molar-refractivity contribution in [2.45, 2.75) is 6.92 Å². The average Bonchev–Trinajstić information content (AvgIpc) is 2.98. The molecule has 20 heavy (non-hydrogen) atoms. The molecule has 0 bridgehead atoms. The molecule has 0 radical (unpaired) electrons. The fourth-order valence-electron chi connectivity index (χ4n) is 2.08. The minimum Gasteiger partial charge on any atom is -0.288 e. The van der Waals surface area contributed by atoms with Crippen LogP contribution in [0.5, 0.6) is 0 Å². The topological polar surface area (TPSA) is 17.1 Å². The lowest BCUT2D eigenvalue weighted by Gasteiger charge is -1.98. The number of thiophene rings is 1. The highest BCUT2D eigenvalue weighted by molar-refractivity contribution is 7.12. The van der Waals surface area contributed by atoms with Gasteiger partial charge in [-0.2, -0.15) is 0 Å². The smallest absolute Gasteiger partial charge is 0.202 e. The molecule has 0 atom stereocenters. The molecule has 0 aliphatic heterocycles. The second kappa shape index (κ2) is 5.43. The Hall–Kier alpha value is -2.19. The van der Waals surface area contributed by atoms with E-state index in [4.69, 9.17) is 0 Å². The van der Waals surface area contributed by atoms with Crippen molar-refractivity contribution in [1.29, 1.82) is 0 Å². The highest BCUT2D eigenvalue weighted by Gasteiger charge is 2.11. The van der Waals surface area contributed by atoms with Gasteiger partial charge in [-0.15, -0.1) is 11.3 Å².